The zero-order valence-electron chi connectivity index (χ0n) is 12.5. The molecule has 0 aliphatic rings. The Kier molecular flexibility index (Phi) is 7.24. The number of alkyl halides is 1. The van der Waals surface area contributed by atoms with Crippen LogP contribution in [0.1, 0.15) is 43.1 Å². The van der Waals surface area contributed by atoms with E-state index < -0.39 is 0 Å². The van der Waals surface area contributed by atoms with E-state index in [1.54, 1.807) is 0 Å². The van der Waals surface area contributed by atoms with Gasteiger partial charge in [0.25, 0.3) is 5.91 Å². The van der Waals surface area contributed by atoms with E-state index in [0.717, 1.165) is 11.8 Å². The molecule has 1 aromatic rings. The number of ether oxygens (including phenoxy) is 1. The van der Waals surface area contributed by atoms with E-state index in [2.05, 4.69) is 42.0 Å². The highest BCUT2D eigenvalue weighted by molar-refractivity contribution is 9.09. The van der Waals surface area contributed by atoms with Gasteiger partial charge in [0.2, 0.25) is 0 Å². The Labute approximate surface area is 130 Å². The standard InChI is InChI=1S/C16H24BrNO2/c1-16(2,3)14-7-5-13(6-8-14)15(19)18-10-4-11-20-12-9-17/h5-8H,4,9-12H2,1-3H3,(H,18,19). The van der Waals surface area contributed by atoms with E-state index in [4.69, 9.17) is 4.74 Å². The van der Waals surface area contributed by atoms with E-state index in [9.17, 15) is 4.79 Å². The highest BCUT2D eigenvalue weighted by atomic mass is 79.9. The Balaban J connectivity index is 2.37. The van der Waals surface area contributed by atoms with Crippen molar-refractivity contribution in [2.45, 2.75) is 32.6 Å². The first kappa shape index (κ1) is 17.2. The molecular formula is C16H24BrNO2. The molecule has 0 aliphatic carbocycles. The third-order valence-corrected chi connectivity index (χ3v) is 3.31. The van der Waals surface area contributed by atoms with Crippen molar-refractivity contribution in [2.24, 2.45) is 0 Å². The molecule has 0 spiro atoms. The first-order chi connectivity index (χ1) is 9.45. The van der Waals surface area contributed by atoms with E-state index in [1.807, 2.05) is 24.3 Å². The van der Waals surface area contributed by atoms with Crippen LogP contribution in [-0.4, -0.2) is 31.0 Å². The largest absolute Gasteiger partial charge is 0.381 e. The number of hydrogen-bond donors (Lipinski definition) is 1. The van der Waals surface area contributed by atoms with Crippen molar-refractivity contribution in [3.63, 3.8) is 0 Å². The fourth-order valence-corrected chi connectivity index (χ4v) is 1.99. The summed E-state index contributed by atoms with van der Waals surface area (Å²) < 4.78 is 5.33. The number of carbonyl (C=O) groups excluding carboxylic acids is 1. The first-order valence-corrected chi connectivity index (χ1v) is 8.10. The van der Waals surface area contributed by atoms with Crippen molar-refractivity contribution in [3.05, 3.63) is 35.4 Å². The van der Waals surface area contributed by atoms with Crippen molar-refractivity contribution < 1.29 is 9.53 Å². The summed E-state index contributed by atoms with van der Waals surface area (Å²) in [5, 5.41) is 3.75. The molecule has 0 bridgehead atoms. The van der Waals surface area contributed by atoms with Gasteiger partial charge in [-0.15, -0.1) is 0 Å². The third-order valence-electron chi connectivity index (χ3n) is 2.99. The average Bonchev–Trinajstić information content (AvgIpc) is 2.41. The highest BCUT2D eigenvalue weighted by Gasteiger charge is 2.14. The van der Waals surface area contributed by atoms with Gasteiger partial charge in [0, 0.05) is 24.0 Å². The van der Waals surface area contributed by atoms with Crippen LogP contribution in [0.5, 0.6) is 0 Å². The van der Waals surface area contributed by atoms with Gasteiger partial charge in [0.15, 0.2) is 0 Å². The minimum absolute atomic E-state index is 0.0223. The molecule has 0 fully saturated rings. The molecule has 1 rings (SSSR count). The minimum atomic E-state index is -0.0223. The Morgan fingerprint density at radius 2 is 1.85 bits per heavy atom. The van der Waals surface area contributed by atoms with Gasteiger partial charge in [-0.1, -0.05) is 48.8 Å². The third kappa shape index (κ3) is 6.06. The van der Waals surface area contributed by atoms with Crippen molar-refractivity contribution in [1.29, 1.82) is 0 Å². The highest BCUT2D eigenvalue weighted by Crippen LogP contribution is 2.22. The van der Waals surface area contributed by atoms with Crippen LogP contribution < -0.4 is 5.32 Å². The molecule has 0 aromatic heterocycles. The van der Waals surface area contributed by atoms with Crippen LogP contribution in [0.25, 0.3) is 0 Å². The second-order valence-corrected chi connectivity index (χ2v) is 6.53. The molecule has 1 amide bonds. The molecule has 1 aromatic carbocycles. The number of carbonyl (C=O) groups is 1. The molecule has 4 heteroatoms. The second kappa shape index (κ2) is 8.42. The van der Waals surface area contributed by atoms with Crippen LogP contribution in [0.15, 0.2) is 24.3 Å². The maximum atomic E-state index is 11.9. The summed E-state index contributed by atoms with van der Waals surface area (Å²) in [6.07, 6.45) is 0.832. The smallest absolute Gasteiger partial charge is 0.251 e. The van der Waals surface area contributed by atoms with E-state index >= 15 is 0 Å². The second-order valence-electron chi connectivity index (χ2n) is 5.74. The maximum Gasteiger partial charge on any atom is 0.251 e. The van der Waals surface area contributed by atoms with E-state index in [1.165, 1.54) is 5.56 Å². The van der Waals surface area contributed by atoms with Crippen molar-refractivity contribution >= 4 is 21.8 Å². The topological polar surface area (TPSA) is 38.3 Å². The number of hydrogen-bond acceptors (Lipinski definition) is 2. The molecule has 3 nitrogen and oxygen atoms in total. The van der Waals surface area contributed by atoms with Crippen LogP contribution in [0.4, 0.5) is 0 Å². The zero-order valence-corrected chi connectivity index (χ0v) is 14.1. The number of rotatable bonds is 7. The van der Waals surface area contributed by atoms with Crippen molar-refractivity contribution in [3.8, 4) is 0 Å². The lowest BCUT2D eigenvalue weighted by Gasteiger charge is -2.19. The summed E-state index contributed by atoms with van der Waals surface area (Å²) in [7, 11) is 0. The molecule has 0 heterocycles. The summed E-state index contributed by atoms with van der Waals surface area (Å²) in [5.74, 6) is -0.0223. The molecule has 0 unspecified atom stereocenters. The lowest BCUT2D eigenvalue weighted by Crippen LogP contribution is -2.25. The molecule has 0 radical (unpaired) electrons. The molecule has 1 N–H and O–H groups in total. The first-order valence-electron chi connectivity index (χ1n) is 6.97. The summed E-state index contributed by atoms with van der Waals surface area (Å²) >= 11 is 3.30. The number of benzene rings is 1. The lowest BCUT2D eigenvalue weighted by molar-refractivity contribution is 0.0944. The van der Waals surface area contributed by atoms with Crippen LogP contribution in [0.3, 0.4) is 0 Å². The molecule has 0 saturated heterocycles. The average molecular weight is 342 g/mol. The lowest BCUT2D eigenvalue weighted by atomic mass is 9.87. The monoisotopic (exact) mass is 341 g/mol. The Morgan fingerprint density at radius 3 is 2.40 bits per heavy atom. The summed E-state index contributed by atoms with van der Waals surface area (Å²) in [6.45, 7) is 8.51. The molecule has 0 saturated carbocycles. The van der Waals surface area contributed by atoms with Gasteiger partial charge < -0.3 is 10.1 Å². The van der Waals surface area contributed by atoms with Crippen LogP contribution in [-0.2, 0) is 10.2 Å². The van der Waals surface area contributed by atoms with E-state index in [-0.39, 0.29) is 11.3 Å². The Morgan fingerprint density at radius 1 is 1.20 bits per heavy atom. The SMILES string of the molecule is CC(C)(C)c1ccc(C(=O)NCCCOCCBr)cc1. The maximum absolute atomic E-state index is 11.9. The Hall–Kier alpha value is -0.870. The minimum Gasteiger partial charge on any atom is -0.381 e. The summed E-state index contributed by atoms with van der Waals surface area (Å²) in [4.78, 5) is 11.9. The number of nitrogens with one attached hydrogen (secondary N) is 1. The summed E-state index contributed by atoms with van der Waals surface area (Å²) in [5.41, 5.74) is 2.05. The van der Waals surface area contributed by atoms with Crippen molar-refractivity contribution in [1.82, 2.24) is 5.32 Å². The quantitative estimate of drug-likeness (QED) is 0.608. The van der Waals surface area contributed by atoms with Gasteiger partial charge in [0.05, 0.1) is 6.61 Å². The summed E-state index contributed by atoms with van der Waals surface area (Å²) in [6, 6.07) is 7.82. The number of halogens is 1. The molecule has 112 valence electrons. The van der Waals surface area contributed by atoms with Gasteiger partial charge in [-0.25, -0.2) is 0 Å². The van der Waals surface area contributed by atoms with Crippen LogP contribution >= 0.6 is 15.9 Å². The molecule has 20 heavy (non-hydrogen) atoms. The predicted molar refractivity (Wildman–Crippen MR) is 86.7 cm³/mol. The van der Waals surface area contributed by atoms with Gasteiger partial charge in [0.1, 0.15) is 0 Å². The van der Waals surface area contributed by atoms with Gasteiger partial charge in [-0.05, 0) is 29.5 Å². The van der Waals surface area contributed by atoms with E-state index in [0.29, 0.717) is 25.3 Å². The van der Waals surface area contributed by atoms with Gasteiger partial charge in [-0.3, -0.25) is 4.79 Å². The predicted octanol–water partition coefficient (Wildman–Crippen LogP) is 3.52. The molecular weight excluding hydrogens is 318 g/mol. The number of amides is 1. The Bertz CT molecular complexity index is 409. The fraction of sp³-hybridized carbons (Fsp3) is 0.562. The zero-order chi connectivity index (χ0) is 15.0. The fourth-order valence-electron chi connectivity index (χ4n) is 1.76. The molecule has 0 aliphatic heterocycles. The van der Waals surface area contributed by atoms with Crippen molar-refractivity contribution in [2.75, 3.05) is 25.1 Å². The van der Waals surface area contributed by atoms with Gasteiger partial charge >= 0.3 is 0 Å². The van der Waals surface area contributed by atoms with Crippen LogP contribution in [0.2, 0.25) is 0 Å². The van der Waals surface area contributed by atoms with Crippen LogP contribution in [0, 0.1) is 0 Å². The normalized spacial score (nSPS) is 11.4. The van der Waals surface area contributed by atoms with Gasteiger partial charge in [-0.2, -0.15) is 0 Å². The molecule has 0 atom stereocenters.